The molecule has 0 unspecified atom stereocenters. The van der Waals surface area contributed by atoms with Crippen molar-refractivity contribution >= 4 is 29.8 Å². The van der Waals surface area contributed by atoms with Crippen molar-refractivity contribution in [3.05, 3.63) is 59.2 Å². The average Bonchev–Trinajstić information content (AvgIpc) is 2.98. The fourth-order valence-corrected chi connectivity index (χ4v) is 3.98. The first-order chi connectivity index (χ1) is 19.3. The van der Waals surface area contributed by atoms with Gasteiger partial charge in [-0.15, -0.1) is 0 Å². The van der Waals surface area contributed by atoms with Gasteiger partial charge in [0.05, 0.1) is 55.5 Å². The van der Waals surface area contributed by atoms with Crippen molar-refractivity contribution in [3.8, 4) is 46.0 Å². The van der Waals surface area contributed by atoms with Gasteiger partial charge in [-0.1, -0.05) is 12.2 Å². The maximum atomic E-state index is 13.0. The highest BCUT2D eigenvalue weighted by molar-refractivity contribution is 6.05. The fraction of sp³-hybridized carbons (Fsp3) is 0.233. The first-order valence-corrected chi connectivity index (χ1v) is 12.0. The molecular formula is C30H33NO9. The largest absolute Gasteiger partial charge is 0.504 e. The van der Waals surface area contributed by atoms with Gasteiger partial charge in [-0.05, 0) is 53.6 Å². The van der Waals surface area contributed by atoms with Crippen molar-refractivity contribution in [2.75, 3.05) is 55.1 Å². The molecule has 0 aliphatic heterocycles. The number of ether oxygens (including phenoxy) is 7. The second kappa shape index (κ2) is 13.7. The van der Waals surface area contributed by atoms with E-state index in [0.29, 0.717) is 45.6 Å². The summed E-state index contributed by atoms with van der Waals surface area (Å²) in [6, 6.07) is 10.1. The van der Waals surface area contributed by atoms with Crippen LogP contribution in [0.3, 0.4) is 0 Å². The molecule has 0 fully saturated rings. The van der Waals surface area contributed by atoms with Crippen LogP contribution in [0.4, 0.5) is 5.69 Å². The zero-order chi connectivity index (χ0) is 29.2. The van der Waals surface area contributed by atoms with E-state index in [1.807, 2.05) is 0 Å². The Kier molecular flexibility index (Phi) is 10.1. The van der Waals surface area contributed by atoms with Crippen LogP contribution < -0.4 is 38.5 Å². The molecule has 3 aromatic rings. The summed E-state index contributed by atoms with van der Waals surface area (Å²) in [5.74, 6) is 2.34. The van der Waals surface area contributed by atoms with E-state index in [9.17, 15) is 9.90 Å². The number of carbonyl (C=O) groups is 1. The third-order valence-electron chi connectivity index (χ3n) is 5.88. The quantitative estimate of drug-likeness (QED) is 0.229. The molecule has 1 amide bonds. The van der Waals surface area contributed by atoms with Gasteiger partial charge in [-0.2, -0.15) is 0 Å². The van der Waals surface area contributed by atoms with Crippen molar-refractivity contribution < 1.29 is 43.1 Å². The van der Waals surface area contributed by atoms with Gasteiger partial charge in [0.2, 0.25) is 17.4 Å². The Balaban J connectivity index is 1.95. The maximum Gasteiger partial charge on any atom is 0.248 e. The Morgan fingerprint density at radius 1 is 0.625 bits per heavy atom. The molecular weight excluding hydrogens is 518 g/mol. The first-order valence-electron chi connectivity index (χ1n) is 12.0. The molecule has 0 bridgehead atoms. The van der Waals surface area contributed by atoms with Crippen molar-refractivity contribution in [2.24, 2.45) is 0 Å². The van der Waals surface area contributed by atoms with Gasteiger partial charge in [-0.3, -0.25) is 4.79 Å². The molecule has 10 nitrogen and oxygen atoms in total. The third-order valence-corrected chi connectivity index (χ3v) is 5.88. The molecule has 212 valence electrons. The van der Waals surface area contributed by atoms with Crippen LogP contribution in [0.2, 0.25) is 0 Å². The minimum absolute atomic E-state index is 0.113. The Morgan fingerprint density at radius 3 is 1.50 bits per heavy atom. The highest BCUT2D eigenvalue weighted by Crippen LogP contribution is 2.41. The molecule has 0 aromatic heterocycles. The summed E-state index contributed by atoms with van der Waals surface area (Å²) in [6.45, 7) is 0. The predicted molar refractivity (Wildman–Crippen MR) is 153 cm³/mol. The number of hydrogen-bond donors (Lipinski definition) is 2. The summed E-state index contributed by atoms with van der Waals surface area (Å²) < 4.78 is 37.7. The molecule has 40 heavy (non-hydrogen) atoms. The van der Waals surface area contributed by atoms with E-state index < -0.39 is 5.91 Å². The van der Waals surface area contributed by atoms with Gasteiger partial charge in [0.25, 0.3) is 0 Å². The molecule has 0 spiro atoms. The van der Waals surface area contributed by atoms with Crippen LogP contribution in [0, 0.1) is 0 Å². The summed E-state index contributed by atoms with van der Waals surface area (Å²) in [6.07, 6.45) is 6.51. The van der Waals surface area contributed by atoms with E-state index in [-0.39, 0.29) is 17.2 Å². The topological polar surface area (TPSA) is 114 Å². The predicted octanol–water partition coefficient (Wildman–Crippen LogP) is 5.27. The van der Waals surface area contributed by atoms with Crippen molar-refractivity contribution in [1.82, 2.24) is 0 Å². The number of phenols is 1. The Bertz CT molecular complexity index is 1360. The minimum atomic E-state index is -0.458. The summed E-state index contributed by atoms with van der Waals surface area (Å²) in [5.41, 5.74) is 2.26. The monoisotopic (exact) mass is 551 g/mol. The van der Waals surface area contributed by atoms with Gasteiger partial charge in [-0.25, -0.2) is 0 Å². The summed E-state index contributed by atoms with van der Waals surface area (Å²) in [4.78, 5) is 13.0. The van der Waals surface area contributed by atoms with Crippen LogP contribution in [0.15, 0.2) is 42.5 Å². The number of methoxy groups -OCH3 is 7. The number of benzene rings is 3. The molecule has 3 aromatic carbocycles. The Morgan fingerprint density at radius 2 is 1.07 bits per heavy atom. The minimum Gasteiger partial charge on any atom is -0.504 e. The van der Waals surface area contributed by atoms with Crippen LogP contribution in [0.5, 0.6) is 46.0 Å². The van der Waals surface area contributed by atoms with E-state index in [2.05, 4.69) is 5.32 Å². The molecule has 3 rings (SSSR count). The molecule has 2 N–H and O–H groups in total. The van der Waals surface area contributed by atoms with Gasteiger partial charge >= 0.3 is 0 Å². The molecule has 0 saturated heterocycles. The Hall–Kier alpha value is -4.99. The Labute approximate surface area is 233 Å². The normalized spacial score (nSPS) is 10.9. The standard InChI is InChI=1S/C30H33NO9/c1-34-22-14-18(15-23(35-2)29(22)39-6)8-10-20-11-12-21(32)28(38-5)27(20)31-26(33)13-9-19-16-24(36-3)30(40-7)25(17-19)37-4/h8-17,32H,1-7H3,(H,31,33)/b10-8+,13-9+. The molecule has 0 radical (unpaired) electrons. The lowest BCUT2D eigenvalue weighted by molar-refractivity contribution is -0.111. The lowest BCUT2D eigenvalue weighted by atomic mass is 10.1. The second-order valence-electron chi connectivity index (χ2n) is 8.16. The van der Waals surface area contributed by atoms with Crippen molar-refractivity contribution in [1.29, 1.82) is 0 Å². The number of rotatable bonds is 12. The van der Waals surface area contributed by atoms with Crippen LogP contribution >= 0.6 is 0 Å². The molecule has 0 aliphatic rings. The first kappa shape index (κ1) is 29.6. The molecule has 0 atom stereocenters. The summed E-state index contributed by atoms with van der Waals surface area (Å²) >= 11 is 0. The number of anilines is 1. The average molecular weight is 552 g/mol. The fourth-order valence-electron chi connectivity index (χ4n) is 3.98. The SMILES string of the molecule is COc1cc(/C=C/C(=O)Nc2c(/C=C/c3cc(OC)c(OC)c(OC)c3)ccc(O)c2OC)cc(OC)c1OC. The van der Waals surface area contributed by atoms with E-state index in [4.69, 9.17) is 33.2 Å². The third kappa shape index (κ3) is 6.52. The smallest absolute Gasteiger partial charge is 0.248 e. The van der Waals surface area contributed by atoms with Gasteiger partial charge in [0.15, 0.2) is 34.5 Å². The zero-order valence-corrected chi connectivity index (χ0v) is 23.5. The van der Waals surface area contributed by atoms with Crippen molar-refractivity contribution in [2.45, 2.75) is 0 Å². The molecule has 10 heteroatoms. The molecule has 0 heterocycles. The van der Waals surface area contributed by atoms with E-state index in [1.54, 1.807) is 48.6 Å². The highest BCUT2D eigenvalue weighted by Gasteiger charge is 2.16. The van der Waals surface area contributed by atoms with E-state index >= 15 is 0 Å². The lowest BCUT2D eigenvalue weighted by Crippen LogP contribution is -2.10. The number of hydrogen-bond acceptors (Lipinski definition) is 9. The molecule has 0 saturated carbocycles. The van der Waals surface area contributed by atoms with Gasteiger partial charge < -0.3 is 43.6 Å². The van der Waals surface area contributed by atoms with Crippen LogP contribution in [0.1, 0.15) is 16.7 Å². The number of aromatic hydroxyl groups is 1. The lowest BCUT2D eigenvalue weighted by Gasteiger charge is -2.15. The second-order valence-corrected chi connectivity index (χ2v) is 8.16. The van der Waals surface area contributed by atoms with E-state index in [0.717, 1.165) is 5.56 Å². The highest BCUT2D eigenvalue weighted by atomic mass is 16.5. The van der Waals surface area contributed by atoms with E-state index in [1.165, 1.54) is 61.9 Å². The van der Waals surface area contributed by atoms with Crippen LogP contribution in [0.25, 0.3) is 18.2 Å². The maximum absolute atomic E-state index is 13.0. The zero-order valence-electron chi connectivity index (χ0n) is 23.5. The van der Waals surface area contributed by atoms with Gasteiger partial charge in [0.1, 0.15) is 0 Å². The number of carbonyl (C=O) groups excluding carboxylic acids is 1. The number of phenolic OH excluding ortho intramolecular Hbond substituents is 1. The molecule has 0 aliphatic carbocycles. The summed E-state index contributed by atoms with van der Waals surface area (Å²) in [7, 11) is 10.5. The number of nitrogens with one attached hydrogen (secondary N) is 1. The van der Waals surface area contributed by atoms with Gasteiger partial charge in [0, 0.05) is 11.6 Å². The van der Waals surface area contributed by atoms with Crippen molar-refractivity contribution in [3.63, 3.8) is 0 Å². The summed E-state index contributed by atoms with van der Waals surface area (Å²) in [5, 5.41) is 13.2. The van der Waals surface area contributed by atoms with Crippen LogP contribution in [-0.4, -0.2) is 60.8 Å². The number of amides is 1. The van der Waals surface area contributed by atoms with Crippen LogP contribution in [-0.2, 0) is 4.79 Å².